The van der Waals surface area contributed by atoms with Crippen LogP contribution < -0.4 is 4.74 Å². The second-order valence-corrected chi connectivity index (χ2v) is 6.56. The molecule has 0 amide bonds. The first-order valence-corrected chi connectivity index (χ1v) is 8.41. The minimum absolute atomic E-state index is 0.202. The number of hydrogen-bond acceptors (Lipinski definition) is 3. The Kier molecular flexibility index (Phi) is 4.91. The zero-order valence-electron chi connectivity index (χ0n) is 14.8. The number of carbonyl (C=O) groups excluding carboxylic acids is 1. The topological polar surface area (TPSA) is 51.5 Å². The summed E-state index contributed by atoms with van der Waals surface area (Å²) in [6.07, 6.45) is 1.96. The number of aldehydes is 1. The van der Waals surface area contributed by atoms with Crippen molar-refractivity contribution in [2.75, 3.05) is 6.61 Å². The molecule has 0 spiro atoms. The molecule has 1 unspecified atom stereocenters. The van der Waals surface area contributed by atoms with E-state index in [1.807, 2.05) is 42.7 Å². The van der Waals surface area contributed by atoms with Gasteiger partial charge in [0.05, 0.1) is 6.54 Å². The highest BCUT2D eigenvalue weighted by Crippen LogP contribution is 2.25. The van der Waals surface area contributed by atoms with Crippen LogP contribution in [0.3, 0.4) is 0 Å². The molecule has 1 atom stereocenters. The minimum atomic E-state index is -0.671. The molecule has 3 aromatic rings. The Balaban J connectivity index is 1.74. The summed E-state index contributed by atoms with van der Waals surface area (Å²) in [5.41, 5.74) is 4.90. The van der Waals surface area contributed by atoms with E-state index in [4.69, 9.17) is 4.74 Å². The Morgan fingerprint density at radius 2 is 1.84 bits per heavy atom. The van der Waals surface area contributed by atoms with Gasteiger partial charge in [-0.05, 0) is 38.0 Å². The summed E-state index contributed by atoms with van der Waals surface area (Å²) in [5, 5.41) is 11.3. The first-order chi connectivity index (χ1) is 12.0. The number of hydrogen-bond donors (Lipinski definition) is 1. The molecule has 1 aromatic heterocycles. The fourth-order valence-electron chi connectivity index (χ4n) is 3.37. The van der Waals surface area contributed by atoms with Crippen LogP contribution in [0.25, 0.3) is 10.9 Å². The monoisotopic (exact) mass is 337 g/mol. The molecule has 0 saturated heterocycles. The van der Waals surface area contributed by atoms with E-state index in [1.165, 1.54) is 5.56 Å². The van der Waals surface area contributed by atoms with E-state index in [1.54, 1.807) is 6.20 Å². The highest BCUT2D eigenvalue weighted by Gasteiger charge is 2.13. The van der Waals surface area contributed by atoms with Crippen molar-refractivity contribution in [2.45, 2.75) is 33.4 Å². The molecule has 0 aliphatic carbocycles. The van der Waals surface area contributed by atoms with Gasteiger partial charge in [-0.15, -0.1) is 0 Å². The SMILES string of the molecule is Cc1cc(C)c(OCC(O)Cn2cc(C=O)c3ccccc32)c(C)c1. The van der Waals surface area contributed by atoms with Gasteiger partial charge in [-0.3, -0.25) is 4.79 Å². The first-order valence-electron chi connectivity index (χ1n) is 8.41. The molecular formula is C21H23NO3. The summed E-state index contributed by atoms with van der Waals surface area (Å²) in [6, 6.07) is 11.8. The lowest BCUT2D eigenvalue weighted by Crippen LogP contribution is -2.23. The largest absolute Gasteiger partial charge is 0.490 e. The van der Waals surface area contributed by atoms with Crippen LogP contribution in [0.5, 0.6) is 5.75 Å². The second-order valence-electron chi connectivity index (χ2n) is 6.56. The van der Waals surface area contributed by atoms with Gasteiger partial charge in [0.1, 0.15) is 18.5 Å². The molecule has 0 radical (unpaired) electrons. The zero-order valence-corrected chi connectivity index (χ0v) is 14.8. The standard InChI is InChI=1S/C21H23NO3/c1-14-8-15(2)21(16(3)9-14)25-13-18(24)11-22-10-17(12-23)19-6-4-5-7-20(19)22/h4-10,12,18,24H,11,13H2,1-3H3. The average molecular weight is 337 g/mol. The smallest absolute Gasteiger partial charge is 0.152 e. The van der Waals surface area contributed by atoms with E-state index < -0.39 is 6.10 Å². The van der Waals surface area contributed by atoms with E-state index in [-0.39, 0.29) is 6.61 Å². The van der Waals surface area contributed by atoms with Crippen LogP contribution in [0.4, 0.5) is 0 Å². The van der Waals surface area contributed by atoms with E-state index in [0.717, 1.165) is 34.1 Å². The Hall–Kier alpha value is -2.59. The normalized spacial score (nSPS) is 12.3. The molecule has 0 fully saturated rings. The van der Waals surface area contributed by atoms with Crippen molar-refractivity contribution < 1.29 is 14.6 Å². The maximum atomic E-state index is 11.2. The molecular weight excluding hydrogens is 314 g/mol. The third-order valence-corrected chi connectivity index (χ3v) is 4.38. The number of carbonyl (C=O) groups is 1. The summed E-state index contributed by atoms with van der Waals surface area (Å²) in [4.78, 5) is 11.2. The number of aryl methyl sites for hydroxylation is 3. The Morgan fingerprint density at radius 1 is 1.16 bits per heavy atom. The van der Waals surface area contributed by atoms with Gasteiger partial charge in [-0.2, -0.15) is 0 Å². The van der Waals surface area contributed by atoms with E-state index >= 15 is 0 Å². The van der Waals surface area contributed by atoms with Crippen LogP contribution in [0, 0.1) is 20.8 Å². The zero-order chi connectivity index (χ0) is 18.0. The van der Waals surface area contributed by atoms with Gasteiger partial charge in [-0.1, -0.05) is 35.9 Å². The highest BCUT2D eigenvalue weighted by atomic mass is 16.5. The lowest BCUT2D eigenvalue weighted by molar-refractivity contribution is 0.0928. The van der Waals surface area contributed by atoms with Crippen molar-refractivity contribution in [1.29, 1.82) is 0 Å². The van der Waals surface area contributed by atoms with Crippen molar-refractivity contribution >= 4 is 17.2 Å². The number of nitrogens with zero attached hydrogens (tertiary/aromatic N) is 1. The number of ether oxygens (including phenoxy) is 1. The summed E-state index contributed by atoms with van der Waals surface area (Å²) in [7, 11) is 0. The number of aliphatic hydroxyl groups is 1. The Bertz CT molecular complexity index is 888. The van der Waals surface area contributed by atoms with Gasteiger partial charge in [0.15, 0.2) is 6.29 Å². The highest BCUT2D eigenvalue weighted by molar-refractivity contribution is 5.97. The molecule has 4 heteroatoms. The van der Waals surface area contributed by atoms with Gasteiger partial charge in [0, 0.05) is 22.7 Å². The third kappa shape index (κ3) is 3.59. The second kappa shape index (κ2) is 7.11. The number of benzene rings is 2. The van der Waals surface area contributed by atoms with E-state index in [0.29, 0.717) is 12.1 Å². The fraction of sp³-hybridized carbons (Fsp3) is 0.286. The van der Waals surface area contributed by atoms with Crippen molar-refractivity contribution in [1.82, 2.24) is 4.57 Å². The quantitative estimate of drug-likeness (QED) is 0.696. The van der Waals surface area contributed by atoms with E-state index in [9.17, 15) is 9.90 Å². The van der Waals surface area contributed by atoms with Gasteiger partial charge in [-0.25, -0.2) is 0 Å². The molecule has 1 N–H and O–H groups in total. The molecule has 3 rings (SSSR count). The molecule has 0 aliphatic rings. The van der Waals surface area contributed by atoms with Crippen LogP contribution in [-0.2, 0) is 6.54 Å². The minimum Gasteiger partial charge on any atom is -0.490 e. The number of aliphatic hydroxyl groups excluding tert-OH is 1. The van der Waals surface area contributed by atoms with Gasteiger partial charge >= 0.3 is 0 Å². The van der Waals surface area contributed by atoms with Gasteiger partial charge in [0.2, 0.25) is 0 Å². The number of para-hydroxylation sites is 1. The Morgan fingerprint density at radius 3 is 2.52 bits per heavy atom. The van der Waals surface area contributed by atoms with Crippen LogP contribution in [0.1, 0.15) is 27.0 Å². The van der Waals surface area contributed by atoms with Crippen LogP contribution in [0.15, 0.2) is 42.6 Å². The molecule has 4 nitrogen and oxygen atoms in total. The number of rotatable bonds is 6. The molecule has 1 heterocycles. The summed E-state index contributed by atoms with van der Waals surface area (Å²) in [6.45, 7) is 6.65. The van der Waals surface area contributed by atoms with E-state index in [2.05, 4.69) is 19.1 Å². The molecule has 25 heavy (non-hydrogen) atoms. The molecule has 0 saturated carbocycles. The maximum Gasteiger partial charge on any atom is 0.152 e. The van der Waals surface area contributed by atoms with Crippen molar-refractivity contribution in [2.24, 2.45) is 0 Å². The van der Waals surface area contributed by atoms with Crippen LogP contribution >= 0.6 is 0 Å². The fourth-order valence-corrected chi connectivity index (χ4v) is 3.37. The molecule has 0 aliphatic heterocycles. The van der Waals surface area contributed by atoms with Crippen molar-refractivity contribution in [3.63, 3.8) is 0 Å². The number of aromatic nitrogens is 1. The lowest BCUT2D eigenvalue weighted by atomic mass is 10.1. The first kappa shape index (κ1) is 17.2. The van der Waals surface area contributed by atoms with Crippen molar-refractivity contribution in [3.8, 4) is 5.75 Å². The summed E-state index contributed by atoms with van der Waals surface area (Å²) < 4.78 is 7.77. The lowest BCUT2D eigenvalue weighted by Gasteiger charge is -2.17. The van der Waals surface area contributed by atoms with Crippen molar-refractivity contribution in [3.05, 3.63) is 64.8 Å². The van der Waals surface area contributed by atoms with Crippen LogP contribution in [0.2, 0.25) is 0 Å². The third-order valence-electron chi connectivity index (χ3n) is 4.38. The molecule has 0 bridgehead atoms. The van der Waals surface area contributed by atoms with Crippen LogP contribution in [-0.4, -0.2) is 28.7 Å². The molecule has 130 valence electrons. The predicted octanol–water partition coefficient (Wildman–Crippen LogP) is 3.82. The van der Waals surface area contributed by atoms with Gasteiger partial charge in [0.25, 0.3) is 0 Å². The number of fused-ring (bicyclic) bond motifs is 1. The average Bonchev–Trinajstić information content (AvgIpc) is 2.92. The molecule has 2 aromatic carbocycles. The predicted molar refractivity (Wildman–Crippen MR) is 99.5 cm³/mol. The maximum absolute atomic E-state index is 11.2. The summed E-state index contributed by atoms with van der Waals surface area (Å²) in [5.74, 6) is 0.829. The summed E-state index contributed by atoms with van der Waals surface area (Å²) >= 11 is 0. The van der Waals surface area contributed by atoms with Gasteiger partial charge < -0.3 is 14.4 Å². The Labute approximate surface area is 147 Å².